The highest BCUT2D eigenvalue weighted by Crippen LogP contribution is 2.33. The van der Waals surface area contributed by atoms with Crippen LogP contribution in [0.2, 0.25) is 0 Å². The number of nitrogen functional groups attached to an aromatic ring is 1. The molecule has 1 aromatic rings. The molecule has 1 aromatic carbocycles. The summed E-state index contributed by atoms with van der Waals surface area (Å²) in [5, 5.41) is 3.67. The molecule has 0 spiro atoms. The number of hydrogen-bond donors (Lipinski definition) is 2. The maximum atomic E-state index is 6.13. The first-order chi connectivity index (χ1) is 12.6. The number of hydrogen-bond acceptors (Lipinski definition) is 3. The number of para-hydroxylation sites is 2. The number of nitrogens with zero attached hydrogens (tertiary/aromatic N) is 1. The van der Waals surface area contributed by atoms with E-state index in [1.807, 2.05) is 12.1 Å². The Morgan fingerprint density at radius 1 is 1.00 bits per heavy atom. The second kappa shape index (κ2) is 9.64. The van der Waals surface area contributed by atoms with Gasteiger partial charge < -0.3 is 11.1 Å². The van der Waals surface area contributed by atoms with E-state index in [-0.39, 0.29) is 0 Å². The van der Waals surface area contributed by atoms with E-state index in [2.05, 4.69) is 36.2 Å². The summed E-state index contributed by atoms with van der Waals surface area (Å²) in [6.07, 6.45) is 15.3. The molecule has 0 aromatic heterocycles. The summed E-state index contributed by atoms with van der Waals surface area (Å²) < 4.78 is 0. The highest BCUT2D eigenvalue weighted by Gasteiger charge is 2.34. The van der Waals surface area contributed by atoms with Crippen molar-refractivity contribution in [2.45, 2.75) is 109 Å². The van der Waals surface area contributed by atoms with Crippen molar-refractivity contribution in [1.82, 2.24) is 4.90 Å². The number of likely N-dealkylation sites (tertiary alicyclic amines) is 1. The van der Waals surface area contributed by atoms with E-state index in [0.717, 1.165) is 29.5 Å². The van der Waals surface area contributed by atoms with Gasteiger partial charge in [-0.2, -0.15) is 0 Å². The van der Waals surface area contributed by atoms with Crippen LogP contribution in [0, 0.1) is 0 Å². The first-order valence-corrected chi connectivity index (χ1v) is 11.0. The molecule has 3 rings (SSSR count). The van der Waals surface area contributed by atoms with E-state index >= 15 is 0 Å². The molecule has 26 heavy (non-hydrogen) atoms. The molecule has 1 aliphatic heterocycles. The van der Waals surface area contributed by atoms with Gasteiger partial charge in [0.1, 0.15) is 0 Å². The van der Waals surface area contributed by atoms with E-state index in [1.54, 1.807) is 0 Å². The van der Waals surface area contributed by atoms with Crippen LogP contribution in [0.5, 0.6) is 0 Å². The van der Waals surface area contributed by atoms with Gasteiger partial charge in [0.15, 0.2) is 0 Å². The molecule has 3 atom stereocenters. The highest BCUT2D eigenvalue weighted by molar-refractivity contribution is 5.65. The number of rotatable bonds is 5. The Balaban J connectivity index is 1.64. The zero-order valence-corrected chi connectivity index (χ0v) is 16.9. The third-order valence-corrected chi connectivity index (χ3v) is 6.57. The average Bonchev–Trinajstić information content (AvgIpc) is 2.58. The molecule has 0 radical (unpaired) electrons. The molecule has 3 nitrogen and oxygen atoms in total. The molecule has 1 heterocycles. The third kappa shape index (κ3) is 5.16. The van der Waals surface area contributed by atoms with Gasteiger partial charge in [-0.3, -0.25) is 4.90 Å². The lowest BCUT2D eigenvalue weighted by atomic mass is 9.86. The SMILES string of the molecule is C[C@H](C[C@@H]1CCC[C@H](C)N1C1CCCCCCC1)Nc1ccccc1N. The number of anilines is 2. The van der Waals surface area contributed by atoms with Crippen molar-refractivity contribution in [2.24, 2.45) is 0 Å². The van der Waals surface area contributed by atoms with E-state index in [1.165, 1.54) is 70.6 Å². The fourth-order valence-electron chi connectivity index (χ4n) is 5.30. The normalized spacial score (nSPS) is 27.5. The first kappa shape index (κ1) is 19.5. The summed E-state index contributed by atoms with van der Waals surface area (Å²) in [4.78, 5) is 2.93. The lowest BCUT2D eigenvalue weighted by Crippen LogP contribution is -2.52. The number of benzene rings is 1. The first-order valence-electron chi connectivity index (χ1n) is 11.0. The van der Waals surface area contributed by atoms with E-state index in [4.69, 9.17) is 5.73 Å². The number of nitrogens with two attached hydrogens (primary N) is 1. The second-order valence-corrected chi connectivity index (χ2v) is 8.75. The fraction of sp³-hybridized carbons (Fsp3) is 0.739. The van der Waals surface area contributed by atoms with Crippen molar-refractivity contribution in [3.05, 3.63) is 24.3 Å². The van der Waals surface area contributed by atoms with Gasteiger partial charge in [0.25, 0.3) is 0 Å². The standard InChI is InChI=1S/C23H39N3/c1-18(25-23-16-9-8-15-22(23)24)17-21-14-10-11-19(2)26(21)20-12-6-4-3-5-7-13-20/h8-9,15-16,18-21,25H,3-7,10-14,17,24H2,1-2H3/t18-,19+,21+/m1/s1. The number of piperidine rings is 1. The van der Waals surface area contributed by atoms with Crippen molar-refractivity contribution >= 4 is 11.4 Å². The van der Waals surface area contributed by atoms with Crippen LogP contribution in [0.3, 0.4) is 0 Å². The van der Waals surface area contributed by atoms with Crippen LogP contribution in [0.4, 0.5) is 11.4 Å². The Kier molecular flexibility index (Phi) is 7.24. The van der Waals surface area contributed by atoms with Gasteiger partial charge in [0.2, 0.25) is 0 Å². The topological polar surface area (TPSA) is 41.3 Å². The summed E-state index contributed by atoms with van der Waals surface area (Å²) in [5.74, 6) is 0. The molecular formula is C23H39N3. The van der Waals surface area contributed by atoms with Crippen molar-refractivity contribution in [1.29, 1.82) is 0 Å². The molecule has 0 amide bonds. The monoisotopic (exact) mass is 357 g/mol. The minimum Gasteiger partial charge on any atom is -0.397 e. The molecule has 146 valence electrons. The summed E-state index contributed by atoms with van der Waals surface area (Å²) in [5.41, 5.74) is 8.07. The van der Waals surface area contributed by atoms with Crippen molar-refractivity contribution in [3.63, 3.8) is 0 Å². The zero-order valence-electron chi connectivity index (χ0n) is 16.9. The molecule has 0 bridgehead atoms. The quantitative estimate of drug-likeness (QED) is 0.653. The molecule has 1 saturated heterocycles. The van der Waals surface area contributed by atoms with E-state index < -0.39 is 0 Å². The summed E-state index contributed by atoms with van der Waals surface area (Å²) in [6.45, 7) is 4.79. The van der Waals surface area contributed by atoms with Crippen LogP contribution in [0.1, 0.15) is 84.5 Å². The molecule has 3 N–H and O–H groups in total. The number of nitrogens with one attached hydrogen (secondary N) is 1. The molecule has 0 unspecified atom stereocenters. The lowest BCUT2D eigenvalue weighted by Gasteiger charge is -2.47. The van der Waals surface area contributed by atoms with Gasteiger partial charge in [-0.15, -0.1) is 0 Å². The Bertz CT molecular complexity index is 536. The van der Waals surface area contributed by atoms with Gasteiger partial charge in [0.05, 0.1) is 11.4 Å². The predicted octanol–water partition coefficient (Wildman–Crippen LogP) is 5.82. The summed E-state index contributed by atoms with van der Waals surface area (Å²) in [6, 6.07) is 10.9. The Morgan fingerprint density at radius 3 is 2.42 bits per heavy atom. The van der Waals surface area contributed by atoms with Crippen LogP contribution in [0.15, 0.2) is 24.3 Å². The van der Waals surface area contributed by atoms with Gasteiger partial charge in [-0.1, -0.05) is 50.7 Å². The molecule has 3 heteroatoms. The summed E-state index contributed by atoms with van der Waals surface area (Å²) in [7, 11) is 0. The Labute approximate surface area is 160 Å². The van der Waals surface area contributed by atoms with Gasteiger partial charge in [0, 0.05) is 24.2 Å². The Hall–Kier alpha value is -1.22. The van der Waals surface area contributed by atoms with Gasteiger partial charge >= 0.3 is 0 Å². The van der Waals surface area contributed by atoms with Crippen molar-refractivity contribution < 1.29 is 0 Å². The predicted molar refractivity (Wildman–Crippen MR) is 114 cm³/mol. The minimum absolute atomic E-state index is 0.450. The fourth-order valence-corrected chi connectivity index (χ4v) is 5.30. The van der Waals surface area contributed by atoms with Crippen LogP contribution in [0.25, 0.3) is 0 Å². The van der Waals surface area contributed by atoms with Crippen LogP contribution in [-0.4, -0.2) is 29.1 Å². The average molecular weight is 358 g/mol. The maximum absolute atomic E-state index is 6.13. The van der Waals surface area contributed by atoms with Crippen molar-refractivity contribution in [3.8, 4) is 0 Å². The lowest BCUT2D eigenvalue weighted by molar-refractivity contribution is 0.0283. The third-order valence-electron chi connectivity index (χ3n) is 6.57. The smallest absolute Gasteiger partial charge is 0.0575 e. The minimum atomic E-state index is 0.450. The molecule has 1 saturated carbocycles. The Morgan fingerprint density at radius 2 is 1.69 bits per heavy atom. The largest absolute Gasteiger partial charge is 0.397 e. The molecular weight excluding hydrogens is 318 g/mol. The van der Waals surface area contributed by atoms with Crippen LogP contribution < -0.4 is 11.1 Å². The highest BCUT2D eigenvalue weighted by atomic mass is 15.2. The van der Waals surface area contributed by atoms with Crippen molar-refractivity contribution in [2.75, 3.05) is 11.1 Å². The molecule has 2 aliphatic rings. The second-order valence-electron chi connectivity index (χ2n) is 8.75. The van der Waals surface area contributed by atoms with E-state index in [0.29, 0.717) is 6.04 Å². The maximum Gasteiger partial charge on any atom is 0.0575 e. The van der Waals surface area contributed by atoms with Crippen LogP contribution >= 0.6 is 0 Å². The van der Waals surface area contributed by atoms with Crippen LogP contribution in [-0.2, 0) is 0 Å². The summed E-state index contributed by atoms with van der Waals surface area (Å²) >= 11 is 0. The molecule has 1 aliphatic carbocycles. The molecule has 2 fully saturated rings. The van der Waals surface area contributed by atoms with Gasteiger partial charge in [-0.05, 0) is 58.1 Å². The zero-order chi connectivity index (χ0) is 18.4. The van der Waals surface area contributed by atoms with Gasteiger partial charge in [-0.25, -0.2) is 0 Å². The van der Waals surface area contributed by atoms with E-state index in [9.17, 15) is 0 Å².